The first kappa shape index (κ1) is 30.7. The minimum atomic E-state index is -3.98. The van der Waals surface area contributed by atoms with Gasteiger partial charge in [-0.15, -0.1) is 0 Å². The maximum absolute atomic E-state index is 10.7. The van der Waals surface area contributed by atoms with Crippen LogP contribution in [0.3, 0.4) is 0 Å². The molecule has 4 nitrogen and oxygen atoms in total. The van der Waals surface area contributed by atoms with Crippen LogP contribution in [0.1, 0.15) is 106 Å². The van der Waals surface area contributed by atoms with Crippen LogP contribution in [0.25, 0.3) is 0 Å². The van der Waals surface area contributed by atoms with Crippen LogP contribution in [0.15, 0.2) is 0 Å². The van der Waals surface area contributed by atoms with Crippen LogP contribution >= 0.6 is 15.1 Å². The number of hydrogen-bond acceptors (Lipinski definition) is 4. The lowest BCUT2D eigenvalue weighted by atomic mass is 10.4. The number of hydrogen-bond donors (Lipinski definition) is 0. The Bertz CT molecular complexity index is 315. The molecule has 0 saturated carbocycles. The summed E-state index contributed by atoms with van der Waals surface area (Å²) in [7, 11) is -4.54. The summed E-state index contributed by atoms with van der Waals surface area (Å²) < 4.78 is 19.6. The van der Waals surface area contributed by atoms with Gasteiger partial charge in [0.15, 0.2) is 0 Å². The topological polar surface area (TPSA) is 58.6 Å². The molecule has 0 atom stereocenters. The summed E-state index contributed by atoms with van der Waals surface area (Å²) in [5.74, 6) is 0. The van der Waals surface area contributed by atoms with Gasteiger partial charge in [-0.25, -0.2) is 0 Å². The largest absolute Gasteiger partial charge is 0.756 e. The van der Waals surface area contributed by atoms with Gasteiger partial charge >= 0.3 is 0 Å². The Hall–Kier alpha value is 0.540. The van der Waals surface area contributed by atoms with Crippen molar-refractivity contribution in [1.82, 2.24) is 0 Å². The molecule has 0 fully saturated rings. The van der Waals surface area contributed by atoms with Crippen LogP contribution in [-0.2, 0) is 13.6 Å². The van der Waals surface area contributed by atoms with E-state index in [0.717, 1.165) is 0 Å². The first-order valence-electron chi connectivity index (χ1n) is 11.8. The second kappa shape index (κ2) is 20.8. The van der Waals surface area contributed by atoms with E-state index in [1.807, 2.05) is 13.8 Å². The molecule has 0 heterocycles. The Morgan fingerprint density at radius 2 is 0.893 bits per heavy atom. The number of phosphoric acid groups is 1. The Morgan fingerprint density at radius 1 is 0.607 bits per heavy atom. The lowest BCUT2D eigenvalue weighted by molar-refractivity contribution is -0.225. The zero-order chi connectivity index (χ0) is 21.7. The molecule has 0 N–H and O–H groups in total. The van der Waals surface area contributed by atoms with Gasteiger partial charge in [0.2, 0.25) is 0 Å². The molecule has 0 aromatic carbocycles. The molecule has 0 bridgehead atoms. The highest BCUT2D eigenvalue weighted by Gasteiger charge is 2.34. The normalized spacial score (nSPS) is 12.0. The van der Waals surface area contributed by atoms with Crippen molar-refractivity contribution in [2.24, 2.45) is 0 Å². The fourth-order valence-corrected chi connectivity index (χ4v) is 9.27. The van der Waals surface area contributed by atoms with Crippen molar-refractivity contribution in [3.8, 4) is 0 Å². The van der Waals surface area contributed by atoms with E-state index in [1.54, 1.807) is 24.6 Å². The van der Waals surface area contributed by atoms with Crippen molar-refractivity contribution in [1.29, 1.82) is 0 Å². The van der Waals surface area contributed by atoms with Crippen molar-refractivity contribution < 1.29 is 18.5 Å². The molecule has 0 aliphatic rings. The minimum absolute atomic E-state index is 0.199. The van der Waals surface area contributed by atoms with E-state index >= 15 is 0 Å². The van der Waals surface area contributed by atoms with Crippen LogP contribution in [0, 0.1) is 0 Å². The fourth-order valence-electron chi connectivity index (χ4n) is 3.09. The molecule has 0 rings (SSSR count). The molecule has 0 radical (unpaired) electrons. The summed E-state index contributed by atoms with van der Waals surface area (Å²) in [6, 6.07) is 0. The van der Waals surface area contributed by atoms with Gasteiger partial charge < -0.3 is 13.9 Å². The van der Waals surface area contributed by atoms with Crippen LogP contribution in [0.4, 0.5) is 0 Å². The van der Waals surface area contributed by atoms with Gasteiger partial charge in [0.1, 0.15) is 0 Å². The molecule has 0 aliphatic heterocycles. The average molecular weight is 441 g/mol. The lowest BCUT2D eigenvalue weighted by Crippen LogP contribution is -2.12. The van der Waals surface area contributed by atoms with Gasteiger partial charge in [-0.1, -0.05) is 67.2 Å². The Balaban J connectivity index is 0. The number of phosphoric ester groups is 1. The third-order valence-electron chi connectivity index (χ3n) is 4.85. The third kappa shape index (κ3) is 18.6. The standard InChI is InChI=1S/C16H36P.C6H15O4P/c1-5-9-13-17(14-10-6-2,15-11-7-3)16-12-8-4;1-3-5-9-11(7,8)10-6-4-2/h5-16H2,1-4H3;3-6H2,1-2H3,(H,7,8)/q+1;/p-1. The molecule has 0 aliphatic carbocycles. The SMILES string of the molecule is CCCC[P+](CCCC)(CCCC)CCCC.CCCOP(=O)([O-])OCCC. The quantitative estimate of drug-likeness (QED) is 0.207. The van der Waals surface area contributed by atoms with Crippen LogP contribution < -0.4 is 4.89 Å². The molecule has 28 heavy (non-hydrogen) atoms. The van der Waals surface area contributed by atoms with E-state index in [1.165, 1.54) is 51.4 Å². The molecule has 0 unspecified atom stereocenters. The van der Waals surface area contributed by atoms with Crippen molar-refractivity contribution in [3.05, 3.63) is 0 Å². The molecule has 0 aromatic heterocycles. The summed E-state index contributed by atoms with van der Waals surface area (Å²) >= 11 is 0. The highest BCUT2D eigenvalue weighted by Crippen LogP contribution is 2.61. The molecular formula is C22H50O4P2. The van der Waals surface area contributed by atoms with E-state index in [0.29, 0.717) is 12.8 Å². The summed E-state index contributed by atoms with van der Waals surface area (Å²) in [6.07, 6.45) is 19.3. The second-order valence-corrected chi connectivity index (χ2v) is 13.6. The molecule has 172 valence electrons. The minimum Gasteiger partial charge on any atom is -0.756 e. The van der Waals surface area contributed by atoms with Crippen LogP contribution in [0.5, 0.6) is 0 Å². The lowest BCUT2D eigenvalue weighted by Gasteiger charge is -2.28. The number of unbranched alkanes of at least 4 members (excludes halogenated alkanes) is 4. The highest BCUT2D eigenvalue weighted by molar-refractivity contribution is 7.75. The van der Waals surface area contributed by atoms with Gasteiger partial charge in [0.25, 0.3) is 7.82 Å². The summed E-state index contributed by atoms with van der Waals surface area (Å²) in [4.78, 5) is 10.7. The maximum atomic E-state index is 10.7. The van der Waals surface area contributed by atoms with E-state index in [9.17, 15) is 9.46 Å². The van der Waals surface area contributed by atoms with E-state index in [-0.39, 0.29) is 13.2 Å². The van der Waals surface area contributed by atoms with Crippen molar-refractivity contribution in [2.45, 2.75) is 106 Å². The van der Waals surface area contributed by atoms with Gasteiger partial charge in [-0.3, -0.25) is 4.57 Å². The first-order chi connectivity index (χ1) is 13.4. The third-order valence-corrected chi connectivity index (χ3v) is 10.9. The molecule has 0 aromatic rings. The second-order valence-electron chi connectivity index (χ2n) is 7.76. The predicted octanol–water partition coefficient (Wildman–Crippen LogP) is 7.51. The molecule has 0 amide bonds. The fraction of sp³-hybridized carbons (Fsp3) is 1.00. The van der Waals surface area contributed by atoms with Crippen molar-refractivity contribution >= 4 is 15.1 Å². The summed E-state index contributed by atoms with van der Waals surface area (Å²) in [5, 5.41) is 0. The van der Waals surface area contributed by atoms with Gasteiger partial charge in [-0.05, 0) is 38.5 Å². The zero-order valence-corrected chi connectivity index (χ0v) is 21.6. The maximum Gasteiger partial charge on any atom is 0.267 e. The predicted molar refractivity (Wildman–Crippen MR) is 126 cm³/mol. The van der Waals surface area contributed by atoms with E-state index in [4.69, 9.17) is 0 Å². The van der Waals surface area contributed by atoms with Gasteiger partial charge in [-0.2, -0.15) is 0 Å². The molecular weight excluding hydrogens is 390 g/mol. The monoisotopic (exact) mass is 440 g/mol. The van der Waals surface area contributed by atoms with Crippen molar-refractivity contribution in [3.63, 3.8) is 0 Å². The smallest absolute Gasteiger partial charge is 0.267 e. The van der Waals surface area contributed by atoms with Gasteiger partial charge in [0, 0.05) is 7.26 Å². The Morgan fingerprint density at radius 3 is 1.11 bits per heavy atom. The molecule has 0 spiro atoms. The average Bonchev–Trinajstić information content (AvgIpc) is 2.70. The highest BCUT2D eigenvalue weighted by atomic mass is 31.2. The number of rotatable bonds is 18. The molecule has 0 saturated heterocycles. The van der Waals surface area contributed by atoms with Crippen molar-refractivity contribution in [2.75, 3.05) is 37.9 Å². The summed E-state index contributed by atoms with van der Waals surface area (Å²) in [6.45, 7) is 13.5. The summed E-state index contributed by atoms with van der Waals surface area (Å²) in [5.41, 5.74) is 0. The van der Waals surface area contributed by atoms with Crippen LogP contribution in [0.2, 0.25) is 0 Å². The zero-order valence-electron chi connectivity index (χ0n) is 19.8. The molecule has 6 heteroatoms. The van der Waals surface area contributed by atoms with E-state index in [2.05, 4.69) is 36.7 Å². The Kier molecular flexibility index (Phi) is 22.8. The van der Waals surface area contributed by atoms with Crippen LogP contribution in [-0.4, -0.2) is 37.9 Å². The Labute approximate surface area is 177 Å². The van der Waals surface area contributed by atoms with E-state index < -0.39 is 15.1 Å². The first-order valence-corrected chi connectivity index (χ1v) is 15.8. The van der Waals surface area contributed by atoms with Gasteiger partial charge in [0.05, 0.1) is 37.9 Å².